The van der Waals surface area contributed by atoms with Crippen LogP contribution >= 0.6 is 0 Å². The second-order valence-corrected chi connectivity index (χ2v) is 5.19. The first-order valence-electron chi connectivity index (χ1n) is 7.23. The number of aliphatic hydroxyl groups excluding tert-OH is 1. The Morgan fingerprint density at radius 3 is 2.57 bits per heavy atom. The molecule has 0 bridgehead atoms. The van der Waals surface area contributed by atoms with Crippen molar-refractivity contribution in [3.05, 3.63) is 23.8 Å². The molecule has 1 unspecified atom stereocenters. The van der Waals surface area contributed by atoms with E-state index in [-0.39, 0.29) is 12.7 Å². The fourth-order valence-electron chi connectivity index (χ4n) is 2.65. The fraction of sp³-hybridized carbons (Fsp3) is 0.562. The van der Waals surface area contributed by atoms with E-state index < -0.39 is 11.9 Å². The van der Waals surface area contributed by atoms with Crippen LogP contribution < -0.4 is 9.47 Å². The lowest BCUT2D eigenvalue weighted by atomic mass is 9.99. The molecule has 21 heavy (non-hydrogen) atoms. The summed E-state index contributed by atoms with van der Waals surface area (Å²) in [5.41, 5.74) is 0.665. The Labute approximate surface area is 124 Å². The predicted octanol–water partition coefficient (Wildman–Crippen LogP) is 2.27. The van der Waals surface area contributed by atoms with Crippen LogP contribution in [0.2, 0.25) is 0 Å². The molecule has 0 aliphatic heterocycles. The average molecular weight is 294 g/mol. The van der Waals surface area contributed by atoms with Gasteiger partial charge in [-0.15, -0.1) is 0 Å². The Morgan fingerprint density at radius 1 is 1.29 bits per heavy atom. The maximum atomic E-state index is 11.7. The number of benzene rings is 1. The lowest BCUT2D eigenvalue weighted by Crippen LogP contribution is -2.18. The monoisotopic (exact) mass is 294 g/mol. The molecule has 1 aliphatic rings. The second kappa shape index (κ2) is 7.31. The molecule has 1 aromatic carbocycles. The molecule has 0 amide bonds. The zero-order chi connectivity index (χ0) is 15.2. The molecule has 1 fully saturated rings. The minimum Gasteiger partial charge on any atom is -0.493 e. The predicted molar refractivity (Wildman–Crippen MR) is 77.7 cm³/mol. The first-order valence-corrected chi connectivity index (χ1v) is 7.23. The quantitative estimate of drug-likeness (QED) is 0.815. The average Bonchev–Trinajstić information content (AvgIpc) is 3.01. The van der Waals surface area contributed by atoms with Gasteiger partial charge in [-0.3, -0.25) is 4.79 Å². The first kappa shape index (κ1) is 15.6. The van der Waals surface area contributed by atoms with Crippen LogP contribution in [0.1, 0.15) is 37.2 Å². The van der Waals surface area contributed by atoms with Gasteiger partial charge in [-0.05, 0) is 43.4 Å². The van der Waals surface area contributed by atoms with Crippen molar-refractivity contribution >= 4 is 5.97 Å². The third kappa shape index (κ3) is 3.67. The Balaban J connectivity index is 2.24. The van der Waals surface area contributed by atoms with Crippen molar-refractivity contribution in [2.24, 2.45) is 0 Å². The van der Waals surface area contributed by atoms with Crippen molar-refractivity contribution in [1.29, 1.82) is 0 Å². The largest absolute Gasteiger partial charge is 0.493 e. The van der Waals surface area contributed by atoms with E-state index in [2.05, 4.69) is 0 Å². The van der Waals surface area contributed by atoms with Crippen LogP contribution in [0.25, 0.3) is 0 Å². The number of carbonyl (C=O) groups is 1. The van der Waals surface area contributed by atoms with Gasteiger partial charge >= 0.3 is 5.97 Å². The molecule has 1 aromatic rings. The summed E-state index contributed by atoms with van der Waals surface area (Å²) < 4.78 is 16.0. The fourth-order valence-corrected chi connectivity index (χ4v) is 2.65. The molecule has 1 N–H and O–H groups in total. The summed E-state index contributed by atoms with van der Waals surface area (Å²) in [5, 5.41) is 9.41. The lowest BCUT2D eigenvalue weighted by molar-refractivity contribution is -0.143. The van der Waals surface area contributed by atoms with Gasteiger partial charge in [-0.2, -0.15) is 0 Å². The molecule has 116 valence electrons. The summed E-state index contributed by atoms with van der Waals surface area (Å²) >= 11 is 0. The number of aliphatic hydroxyl groups is 1. The smallest absolute Gasteiger partial charge is 0.315 e. The highest BCUT2D eigenvalue weighted by molar-refractivity contribution is 5.78. The Hall–Kier alpha value is -1.75. The Bertz CT molecular complexity index is 480. The van der Waals surface area contributed by atoms with Crippen molar-refractivity contribution in [2.45, 2.75) is 37.7 Å². The Kier molecular flexibility index (Phi) is 5.44. The van der Waals surface area contributed by atoms with Crippen LogP contribution in [0.4, 0.5) is 0 Å². The molecule has 1 atom stereocenters. The first-order chi connectivity index (χ1) is 10.2. The van der Waals surface area contributed by atoms with Crippen molar-refractivity contribution < 1.29 is 24.1 Å². The highest BCUT2D eigenvalue weighted by Gasteiger charge is 2.24. The van der Waals surface area contributed by atoms with E-state index in [1.165, 1.54) is 20.0 Å². The highest BCUT2D eigenvalue weighted by Crippen LogP contribution is 2.34. The van der Waals surface area contributed by atoms with Gasteiger partial charge in [0.1, 0.15) is 5.92 Å². The summed E-state index contributed by atoms with van der Waals surface area (Å²) in [4.78, 5) is 11.7. The van der Waals surface area contributed by atoms with Gasteiger partial charge in [0, 0.05) is 0 Å². The van der Waals surface area contributed by atoms with Gasteiger partial charge in [-0.1, -0.05) is 6.07 Å². The SMILES string of the molecule is COC(=O)C(CO)c1ccc(OC)c(OC2CCCC2)c1. The van der Waals surface area contributed by atoms with E-state index in [0.717, 1.165) is 12.8 Å². The van der Waals surface area contributed by atoms with E-state index in [1.54, 1.807) is 25.3 Å². The van der Waals surface area contributed by atoms with E-state index in [0.29, 0.717) is 17.1 Å². The van der Waals surface area contributed by atoms with Crippen LogP contribution in [0.5, 0.6) is 11.5 Å². The zero-order valence-corrected chi connectivity index (χ0v) is 12.5. The normalized spacial score (nSPS) is 16.5. The number of carbonyl (C=O) groups excluding carboxylic acids is 1. The van der Waals surface area contributed by atoms with E-state index in [1.807, 2.05) is 0 Å². The van der Waals surface area contributed by atoms with Gasteiger partial charge in [-0.25, -0.2) is 0 Å². The van der Waals surface area contributed by atoms with Crippen molar-refractivity contribution in [2.75, 3.05) is 20.8 Å². The molecule has 2 rings (SSSR count). The molecular weight excluding hydrogens is 272 g/mol. The Morgan fingerprint density at radius 2 is 2.00 bits per heavy atom. The maximum absolute atomic E-state index is 11.7. The molecular formula is C16H22O5. The van der Waals surface area contributed by atoms with Crippen LogP contribution in [0, 0.1) is 0 Å². The molecule has 1 saturated carbocycles. The molecule has 0 radical (unpaired) electrons. The number of ether oxygens (including phenoxy) is 3. The van der Waals surface area contributed by atoms with E-state index >= 15 is 0 Å². The zero-order valence-electron chi connectivity index (χ0n) is 12.5. The van der Waals surface area contributed by atoms with Gasteiger partial charge < -0.3 is 19.3 Å². The lowest BCUT2D eigenvalue weighted by Gasteiger charge is -2.19. The molecule has 0 saturated heterocycles. The number of hydrogen-bond donors (Lipinski definition) is 1. The minimum atomic E-state index is -0.702. The van der Waals surface area contributed by atoms with Crippen LogP contribution in [-0.2, 0) is 9.53 Å². The molecule has 0 heterocycles. The van der Waals surface area contributed by atoms with Gasteiger partial charge in [0.05, 0.1) is 26.9 Å². The second-order valence-electron chi connectivity index (χ2n) is 5.19. The molecule has 1 aliphatic carbocycles. The molecule has 5 heteroatoms. The van der Waals surface area contributed by atoms with Crippen LogP contribution in [0.3, 0.4) is 0 Å². The number of hydrogen-bond acceptors (Lipinski definition) is 5. The minimum absolute atomic E-state index is 0.194. The summed E-state index contributed by atoms with van der Waals surface area (Å²) in [6, 6.07) is 5.26. The number of esters is 1. The summed E-state index contributed by atoms with van der Waals surface area (Å²) in [6.45, 7) is -0.304. The number of rotatable bonds is 6. The highest BCUT2D eigenvalue weighted by atomic mass is 16.5. The standard InChI is InChI=1S/C16H22O5/c1-19-14-8-7-11(13(10-17)16(18)20-2)9-15(14)21-12-5-3-4-6-12/h7-9,12-13,17H,3-6,10H2,1-2H3. The van der Waals surface area contributed by atoms with Crippen LogP contribution in [-0.4, -0.2) is 38.0 Å². The van der Waals surface area contributed by atoms with Gasteiger partial charge in [0.25, 0.3) is 0 Å². The van der Waals surface area contributed by atoms with Crippen molar-refractivity contribution in [3.8, 4) is 11.5 Å². The van der Waals surface area contributed by atoms with E-state index in [9.17, 15) is 9.90 Å². The molecule has 0 aromatic heterocycles. The maximum Gasteiger partial charge on any atom is 0.315 e. The van der Waals surface area contributed by atoms with Crippen LogP contribution in [0.15, 0.2) is 18.2 Å². The van der Waals surface area contributed by atoms with E-state index in [4.69, 9.17) is 14.2 Å². The summed E-state index contributed by atoms with van der Waals surface area (Å²) in [6.07, 6.45) is 4.61. The topological polar surface area (TPSA) is 65.0 Å². The van der Waals surface area contributed by atoms with Gasteiger partial charge in [0.2, 0.25) is 0 Å². The van der Waals surface area contributed by atoms with Crippen molar-refractivity contribution in [1.82, 2.24) is 0 Å². The number of methoxy groups -OCH3 is 2. The van der Waals surface area contributed by atoms with Gasteiger partial charge in [0.15, 0.2) is 11.5 Å². The van der Waals surface area contributed by atoms with Crippen molar-refractivity contribution in [3.63, 3.8) is 0 Å². The third-order valence-electron chi connectivity index (χ3n) is 3.85. The molecule has 5 nitrogen and oxygen atoms in total. The summed E-state index contributed by atoms with van der Waals surface area (Å²) in [5.74, 6) is 0.0813. The molecule has 0 spiro atoms. The summed E-state index contributed by atoms with van der Waals surface area (Å²) in [7, 11) is 2.89. The third-order valence-corrected chi connectivity index (χ3v) is 3.85.